The van der Waals surface area contributed by atoms with Gasteiger partial charge in [-0.15, -0.1) is 0 Å². The molecule has 2 rings (SSSR count). The summed E-state index contributed by atoms with van der Waals surface area (Å²) >= 11 is 0. The van der Waals surface area contributed by atoms with Crippen molar-refractivity contribution in [1.82, 2.24) is 9.37 Å². The van der Waals surface area contributed by atoms with Gasteiger partial charge in [0, 0.05) is 37.0 Å². The summed E-state index contributed by atoms with van der Waals surface area (Å²) in [5, 5.41) is 2.73. The SMILES string of the molecule is CCN(CC)C(=O)c1cccc(NC(=O)c2ccc(S(=O)(=O)N(C)OC)cc2)c1. The lowest BCUT2D eigenvalue weighted by Crippen LogP contribution is -2.30. The topological polar surface area (TPSA) is 96.0 Å². The highest BCUT2D eigenvalue weighted by Gasteiger charge is 2.21. The molecule has 29 heavy (non-hydrogen) atoms. The van der Waals surface area contributed by atoms with Crippen LogP contribution in [0.2, 0.25) is 0 Å². The van der Waals surface area contributed by atoms with Crippen LogP contribution in [-0.2, 0) is 14.9 Å². The molecule has 2 amide bonds. The predicted molar refractivity (Wildman–Crippen MR) is 110 cm³/mol. The molecule has 1 N–H and O–H groups in total. The number of benzene rings is 2. The van der Waals surface area contributed by atoms with Gasteiger partial charge in [0.05, 0.1) is 12.0 Å². The normalized spacial score (nSPS) is 11.3. The summed E-state index contributed by atoms with van der Waals surface area (Å²) in [6.07, 6.45) is 0. The monoisotopic (exact) mass is 419 g/mol. The molecule has 0 saturated heterocycles. The maximum Gasteiger partial charge on any atom is 0.264 e. The van der Waals surface area contributed by atoms with E-state index < -0.39 is 15.9 Å². The Bertz CT molecular complexity index is 970. The van der Waals surface area contributed by atoms with Crippen molar-refractivity contribution in [2.75, 3.05) is 32.6 Å². The fourth-order valence-corrected chi connectivity index (χ4v) is 3.62. The molecule has 0 aliphatic rings. The van der Waals surface area contributed by atoms with Crippen molar-refractivity contribution in [2.24, 2.45) is 0 Å². The molecule has 9 heteroatoms. The molecule has 0 fully saturated rings. The number of hydrogen-bond acceptors (Lipinski definition) is 5. The van der Waals surface area contributed by atoms with E-state index in [9.17, 15) is 18.0 Å². The van der Waals surface area contributed by atoms with Crippen LogP contribution in [0.1, 0.15) is 34.6 Å². The van der Waals surface area contributed by atoms with E-state index in [-0.39, 0.29) is 16.4 Å². The maximum absolute atomic E-state index is 12.5. The first-order valence-electron chi connectivity index (χ1n) is 9.08. The van der Waals surface area contributed by atoms with Gasteiger partial charge in [-0.25, -0.2) is 8.42 Å². The molecule has 0 unspecified atom stereocenters. The van der Waals surface area contributed by atoms with Gasteiger partial charge in [0.25, 0.3) is 21.8 Å². The number of carbonyl (C=O) groups excluding carboxylic acids is 2. The molecule has 0 bridgehead atoms. The van der Waals surface area contributed by atoms with Crippen LogP contribution >= 0.6 is 0 Å². The third-order valence-corrected chi connectivity index (χ3v) is 6.12. The number of hydroxylamine groups is 1. The predicted octanol–water partition coefficient (Wildman–Crippen LogP) is 2.60. The molecule has 2 aromatic rings. The van der Waals surface area contributed by atoms with E-state index in [1.807, 2.05) is 13.8 Å². The summed E-state index contributed by atoms with van der Waals surface area (Å²) in [5.41, 5.74) is 1.24. The van der Waals surface area contributed by atoms with Crippen molar-refractivity contribution in [3.05, 3.63) is 59.7 Å². The summed E-state index contributed by atoms with van der Waals surface area (Å²) in [5.74, 6) is -0.524. The molecule has 0 aliphatic heterocycles. The standard InChI is InChI=1S/C20H25N3O5S/c1-5-23(6-2)20(25)16-8-7-9-17(14-16)21-19(24)15-10-12-18(13-11-15)29(26,27)22(3)28-4/h7-14H,5-6H2,1-4H3,(H,21,24). The third-order valence-electron chi connectivity index (χ3n) is 4.43. The summed E-state index contributed by atoms with van der Waals surface area (Å²) in [4.78, 5) is 31.4. The number of hydrogen-bond donors (Lipinski definition) is 1. The van der Waals surface area contributed by atoms with Crippen LogP contribution in [0.3, 0.4) is 0 Å². The molecule has 0 aliphatic carbocycles. The van der Waals surface area contributed by atoms with Crippen LogP contribution < -0.4 is 5.32 Å². The molecule has 0 atom stereocenters. The zero-order chi connectivity index (χ0) is 21.6. The van der Waals surface area contributed by atoms with Crippen LogP contribution in [0, 0.1) is 0 Å². The Morgan fingerprint density at radius 3 is 2.17 bits per heavy atom. The van der Waals surface area contributed by atoms with Crippen LogP contribution in [0.4, 0.5) is 5.69 Å². The quantitative estimate of drug-likeness (QED) is 0.664. The average Bonchev–Trinajstić information content (AvgIpc) is 2.74. The highest BCUT2D eigenvalue weighted by Crippen LogP contribution is 2.17. The zero-order valence-electron chi connectivity index (χ0n) is 16.9. The lowest BCUT2D eigenvalue weighted by atomic mass is 10.1. The second-order valence-corrected chi connectivity index (χ2v) is 8.07. The smallest absolute Gasteiger partial charge is 0.264 e. The third kappa shape index (κ3) is 5.20. The first-order chi connectivity index (χ1) is 13.7. The minimum absolute atomic E-state index is 0.00483. The molecule has 0 radical (unpaired) electrons. The van der Waals surface area contributed by atoms with Crippen LogP contribution in [0.25, 0.3) is 0 Å². The molecule has 0 heterocycles. The first kappa shape index (κ1) is 22.5. The second-order valence-electron chi connectivity index (χ2n) is 6.13. The average molecular weight is 420 g/mol. The van der Waals surface area contributed by atoms with Gasteiger partial charge < -0.3 is 10.2 Å². The van der Waals surface area contributed by atoms with Crippen molar-refractivity contribution < 1.29 is 22.8 Å². The Kier molecular flexibility index (Phi) is 7.49. The fraction of sp³-hybridized carbons (Fsp3) is 0.300. The number of carbonyl (C=O) groups is 2. The minimum Gasteiger partial charge on any atom is -0.339 e. The van der Waals surface area contributed by atoms with E-state index in [1.165, 1.54) is 38.4 Å². The van der Waals surface area contributed by atoms with E-state index in [4.69, 9.17) is 4.84 Å². The lowest BCUT2D eigenvalue weighted by Gasteiger charge is -2.19. The summed E-state index contributed by atoms with van der Waals surface area (Å²) in [6.45, 7) is 5.00. The Morgan fingerprint density at radius 1 is 1.00 bits per heavy atom. The Labute approximate surface area is 171 Å². The Balaban J connectivity index is 2.17. The van der Waals surface area contributed by atoms with Gasteiger partial charge in [0.15, 0.2) is 0 Å². The van der Waals surface area contributed by atoms with Crippen LogP contribution in [-0.4, -0.2) is 56.8 Å². The number of nitrogens with zero attached hydrogens (tertiary/aromatic N) is 2. The summed E-state index contributed by atoms with van der Waals surface area (Å²) in [7, 11) is -1.25. The van der Waals surface area contributed by atoms with Crippen molar-refractivity contribution in [1.29, 1.82) is 0 Å². The van der Waals surface area contributed by atoms with Gasteiger partial charge in [0.1, 0.15) is 0 Å². The first-order valence-corrected chi connectivity index (χ1v) is 10.5. The van der Waals surface area contributed by atoms with E-state index in [0.29, 0.717) is 24.3 Å². The van der Waals surface area contributed by atoms with E-state index in [2.05, 4.69) is 5.32 Å². The largest absolute Gasteiger partial charge is 0.339 e. The summed E-state index contributed by atoms with van der Waals surface area (Å²) in [6, 6.07) is 12.2. The van der Waals surface area contributed by atoms with E-state index >= 15 is 0 Å². The van der Waals surface area contributed by atoms with Crippen LogP contribution in [0.5, 0.6) is 0 Å². The van der Waals surface area contributed by atoms with Crippen molar-refractivity contribution in [3.63, 3.8) is 0 Å². The van der Waals surface area contributed by atoms with E-state index in [0.717, 1.165) is 4.47 Å². The number of anilines is 1. The molecule has 8 nitrogen and oxygen atoms in total. The van der Waals surface area contributed by atoms with Crippen molar-refractivity contribution in [2.45, 2.75) is 18.7 Å². The fourth-order valence-electron chi connectivity index (χ4n) is 2.65. The molecule has 156 valence electrons. The highest BCUT2D eigenvalue weighted by molar-refractivity contribution is 7.89. The number of amides is 2. The zero-order valence-corrected chi connectivity index (χ0v) is 17.7. The number of rotatable bonds is 8. The van der Waals surface area contributed by atoms with Crippen LogP contribution in [0.15, 0.2) is 53.4 Å². The Hall–Kier alpha value is -2.75. The maximum atomic E-state index is 12.5. The number of sulfonamides is 1. The molecule has 0 aromatic heterocycles. The molecular formula is C20H25N3O5S. The van der Waals surface area contributed by atoms with Gasteiger partial charge in [0.2, 0.25) is 0 Å². The van der Waals surface area contributed by atoms with Crippen molar-refractivity contribution >= 4 is 27.5 Å². The molecule has 0 spiro atoms. The van der Waals surface area contributed by atoms with Gasteiger partial charge in [-0.1, -0.05) is 10.5 Å². The number of nitrogens with one attached hydrogen (secondary N) is 1. The molecule has 2 aromatic carbocycles. The lowest BCUT2D eigenvalue weighted by molar-refractivity contribution is -0.0258. The molecular weight excluding hydrogens is 394 g/mol. The van der Waals surface area contributed by atoms with Gasteiger partial charge in [-0.3, -0.25) is 14.4 Å². The highest BCUT2D eigenvalue weighted by atomic mass is 32.2. The van der Waals surface area contributed by atoms with Crippen molar-refractivity contribution in [3.8, 4) is 0 Å². The van der Waals surface area contributed by atoms with Gasteiger partial charge in [-0.05, 0) is 56.3 Å². The van der Waals surface area contributed by atoms with Gasteiger partial charge in [-0.2, -0.15) is 0 Å². The van der Waals surface area contributed by atoms with E-state index in [1.54, 1.807) is 29.2 Å². The second kappa shape index (κ2) is 9.64. The summed E-state index contributed by atoms with van der Waals surface area (Å²) < 4.78 is 25.1. The molecule has 0 saturated carbocycles. The Morgan fingerprint density at radius 2 is 1.62 bits per heavy atom. The minimum atomic E-state index is -3.78. The van der Waals surface area contributed by atoms with Gasteiger partial charge >= 0.3 is 0 Å².